The maximum atomic E-state index is 12.9. The van der Waals surface area contributed by atoms with Crippen molar-refractivity contribution in [1.82, 2.24) is 9.55 Å². The van der Waals surface area contributed by atoms with Crippen LogP contribution in [0.1, 0.15) is 25.1 Å². The smallest absolute Gasteiger partial charge is 0.262 e. The number of carbonyl (C=O) groups is 1. The predicted octanol–water partition coefficient (Wildman–Crippen LogP) is 3.15. The summed E-state index contributed by atoms with van der Waals surface area (Å²) in [4.78, 5) is 29.8. The topological polar surface area (TPSA) is 82.4 Å². The molecule has 0 radical (unpaired) electrons. The lowest BCUT2D eigenvalue weighted by Gasteiger charge is -2.12. The minimum Gasteiger partial charge on any atom is -0.495 e. The SMILES string of the molecule is COc1ccccc1NC(=O)COc1ccc2nc3n(c(=O)c2c1)CCCCC3. The molecular formula is C22H23N3O4. The van der Waals surface area contributed by atoms with Crippen LogP contribution in [-0.2, 0) is 17.8 Å². The average molecular weight is 393 g/mol. The number of amides is 1. The first-order valence-electron chi connectivity index (χ1n) is 9.75. The number of anilines is 1. The molecule has 2 aromatic carbocycles. The van der Waals surface area contributed by atoms with E-state index in [1.54, 1.807) is 42.0 Å². The summed E-state index contributed by atoms with van der Waals surface area (Å²) in [7, 11) is 1.55. The van der Waals surface area contributed by atoms with Gasteiger partial charge in [-0.15, -0.1) is 0 Å². The third-order valence-corrected chi connectivity index (χ3v) is 5.04. The fraction of sp³-hybridized carbons (Fsp3) is 0.318. The molecule has 150 valence electrons. The van der Waals surface area contributed by atoms with E-state index in [0.29, 0.717) is 34.6 Å². The summed E-state index contributed by atoms with van der Waals surface area (Å²) in [5.74, 6) is 1.57. The van der Waals surface area contributed by atoms with Gasteiger partial charge in [0.15, 0.2) is 6.61 Å². The molecule has 4 rings (SSSR count). The van der Waals surface area contributed by atoms with Crippen LogP contribution in [0, 0.1) is 0 Å². The Morgan fingerprint density at radius 3 is 2.90 bits per heavy atom. The lowest BCUT2D eigenvalue weighted by molar-refractivity contribution is -0.118. The van der Waals surface area contributed by atoms with Crippen molar-refractivity contribution in [2.24, 2.45) is 0 Å². The van der Waals surface area contributed by atoms with Crippen LogP contribution in [0.5, 0.6) is 11.5 Å². The molecule has 1 N–H and O–H groups in total. The van der Waals surface area contributed by atoms with Gasteiger partial charge < -0.3 is 14.8 Å². The second-order valence-electron chi connectivity index (χ2n) is 7.01. The van der Waals surface area contributed by atoms with Gasteiger partial charge in [0, 0.05) is 13.0 Å². The van der Waals surface area contributed by atoms with Gasteiger partial charge in [-0.25, -0.2) is 4.98 Å². The van der Waals surface area contributed by atoms with Crippen molar-refractivity contribution in [3.8, 4) is 11.5 Å². The van der Waals surface area contributed by atoms with Crippen molar-refractivity contribution in [2.45, 2.75) is 32.2 Å². The first-order valence-corrected chi connectivity index (χ1v) is 9.75. The Labute approximate surface area is 168 Å². The number of rotatable bonds is 5. The van der Waals surface area contributed by atoms with Crippen LogP contribution < -0.4 is 20.3 Å². The molecule has 0 saturated heterocycles. The number of nitrogens with zero attached hydrogens (tertiary/aromatic N) is 2. The quantitative estimate of drug-likeness (QED) is 0.720. The van der Waals surface area contributed by atoms with E-state index < -0.39 is 0 Å². The number of hydrogen-bond donors (Lipinski definition) is 1. The number of methoxy groups -OCH3 is 1. The van der Waals surface area contributed by atoms with Gasteiger partial charge >= 0.3 is 0 Å². The molecule has 0 unspecified atom stereocenters. The van der Waals surface area contributed by atoms with Gasteiger partial charge in [0.25, 0.3) is 11.5 Å². The summed E-state index contributed by atoms with van der Waals surface area (Å²) in [6.45, 7) is 0.521. The van der Waals surface area contributed by atoms with Crippen molar-refractivity contribution in [3.63, 3.8) is 0 Å². The Morgan fingerprint density at radius 1 is 1.17 bits per heavy atom. The number of carbonyl (C=O) groups excluding carboxylic acids is 1. The maximum absolute atomic E-state index is 12.9. The molecule has 1 amide bonds. The molecule has 1 aliphatic heterocycles. The highest BCUT2D eigenvalue weighted by molar-refractivity contribution is 5.93. The van der Waals surface area contributed by atoms with Crippen LogP contribution in [0.25, 0.3) is 10.9 Å². The first-order chi connectivity index (χ1) is 14.2. The zero-order valence-electron chi connectivity index (χ0n) is 16.3. The highest BCUT2D eigenvalue weighted by Crippen LogP contribution is 2.23. The van der Waals surface area contributed by atoms with E-state index in [-0.39, 0.29) is 18.1 Å². The number of aryl methyl sites for hydroxylation is 1. The second kappa shape index (κ2) is 8.34. The number of aromatic nitrogens is 2. The molecule has 0 saturated carbocycles. The highest BCUT2D eigenvalue weighted by Gasteiger charge is 2.14. The van der Waals surface area contributed by atoms with Crippen LogP contribution in [-0.4, -0.2) is 29.2 Å². The molecule has 0 aliphatic carbocycles. The standard InChI is InChI=1S/C22H23N3O4/c1-28-19-8-5-4-7-18(19)24-21(26)14-29-15-10-11-17-16(13-15)22(27)25-12-6-2-3-9-20(25)23-17/h4-5,7-8,10-11,13H,2-3,6,9,12,14H2,1H3,(H,24,26). The molecule has 1 aliphatic rings. The number of nitrogens with one attached hydrogen (secondary N) is 1. The lowest BCUT2D eigenvalue weighted by Crippen LogP contribution is -2.24. The van der Waals surface area contributed by atoms with Crippen LogP contribution in [0.2, 0.25) is 0 Å². The maximum Gasteiger partial charge on any atom is 0.262 e. The molecule has 0 spiro atoms. The summed E-state index contributed by atoms with van der Waals surface area (Å²) >= 11 is 0. The molecule has 1 aromatic heterocycles. The van der Waals surface area contributed by atoms with Crippen LogP contribution in [0.3, 0.4) is 0 Å². The van der Waals surface area contributed by atoms with Gasteiger partial charge in [-0.2, -0.15) is 0 Å². The molecule has 0 atom stereocenters. The zero-order valence-corrected chi connectivity index (χ0v) is 16.3. The van der Waals surface area contributed by atoms with Crippen LogP contribution in [0.15, 0.2) is 47.3 Å². The minimum absolute atomic E-state index is 0.0455. The van der Waals surface area contributed by atoms with E-state index in [2.05, 4.69) is 10.3 Å². The van der Waals surface area contributed by atoms with Crippen LogP contribution in [0.4, 0.5) is 5.69 Å². The molecule has 7 nitrogen and oxygen atoms in total. The second-order valence-corrected chi connectivity index (χ2v) is 7.01. The Hall–Kier alpha value is -3.35. The summed E-state index contributed by atoms with van der Waals surface area (Å²) in [5.41, 5.74) is 1.19. The largest absolute Gasteiger partial charge is 0.495 e. The summed E-state index contributed by atoms with van der Waals surface area (Å²) in [5, 5.41) is 3.27. The first kappa shape index (κ1) is 19.0. The Kier molecular flexibility index (Phi) is 5.46. The zero-order chi connectivity index (χ0) is 20.2. The highest BCUT2D eigenvalue weighted by atomic mass is 16.5. The van der Waals surface area contributed by atoms with Crippen molar-refractivity contribution >= 4 is 22.5 Å². The van der Waals surface area contributed by atoms with Gasteiger partial charge in [0.2, 0.25) is 0 Å². The Morgan fingerprint density at radius 2 is 2.03 bits per heavy atom. The number of fused-ring (bicyclic) bond motifs is 2. The van der Waals surface area contributed by atoms with E-state index in [0.717, 1.165) is 31.5 Å². The number of benzene rings is 2. The van der Waals surface area contributed by atoms with Crippen molar-refractivity contribution < 1.29 is 14.3 Å². The summed E-state index contributed by atoms with van der Waals surface area (Å²) in [6, 6.07) is 12.3. The summed E-state index contributed by atoms with van der Waals surface area (Å²) in [6.07, 6.45) is 3.97. The monoisotopic (exact) mass is 393 g/mol. The molecule has 0 fully saturated rings. The van der Waals surface area contributed by atoms with E-state index in [1.165, 1.54) is 0 Å². The molecule has 7 heteroatoms. The van der Waals surface area contributed by atoms with Gasteiger partial charge in [-0.05, 0) is 43.2 Å². The van der Waals surface area contributed by atoms with E-state index >= 15 is 0 Å². The minimum atomic E-state index is -0.314. The number of para-hydroxylation sites is 2. The third kappa shape index (κ3) is 4.08. The van der Waals surface area contributed by atoms with Gasteiger partial charge in [-0.3, -0.25) is 14.2 Å². The fourth-order valence-electron chi connectivity index (χ4n) is 3.57. The number of hydrogen-bond acceptors (Lipinski definition) is 5. The average Bonchev–Trinajstić information content (AvgIpc) is 2.99. The Bertz CT molecular complexity index is 1110. The van der Waals surface area contributed by atoms with Gasteiger partial charge in [0.1, 0.15) is 17.3 Å². The molecule has 3 aromatic rings. The van der Waals surface area contributed by atoms with Crippen molar-refractivity contribution in [1.29, 1.82) is 0 Å². The molecule has 29 heavy (non-hydrogen) atoms. The van der Waals surface area contributed by atoms with E-state index in [9.17, 15) is 9.59 Å². The molecule has 0 bridgehead atoms. The molecular weight excluding hydrogens is 370 g/mol. The van der Waals surface area contributed by atoms with Crippen molar-refractivity contribution in [3.05, 3.63) is 58.6 Å². The fourth-order valence-corrected chi connectivity index (χ4v) is 3.57. The van der Waals surface area contributed by atoms with Crippen molar-refractivity contribution in [2.75, 3.05) is 19.0 Å². The van der Waals surface area contributed by atoms with Gasteiger partial charge in [0.05, 0.1) is 23.7 Å². The van der Waals surface area contributed by atoms with Crippen LogP contribution >= 0.6 is 0 Å². The predicted molar refractivity (Wildman–Crippen MR) is 111 cm³/mol. The Balaban J connectivity index is 1.50. The normalized spacial score (nSPS) is 13.4. The lowest BCUT2D eigenvalue weighted by atomic mass is 10.2. The number of ether oxygens (including phenoxy) is 2. The van der Waals surface area contributed by atoms with E-state index in [4.69, 9.17) is 9.47 Å². The summed E-state index contributed by atoms with van der Waals surface area (Å²) < 4.78 is 12.6. The molecule has 2 heterocycles. The third-order valence-electron chi connectivity index (χ3n) is 5.04. The van der Waals surface area contributed by atoms with E-state index in [1.807, 2.05) is 12.1 Å². The van der Waals surface area contributed by atoms with Gasteiger partial charge in [-0.1, -0.05) is 18.6 Å².